The summed E-state index contributed by atoms with van der Waals surface area (Å²) in [6, 6.07) is 6.55. The monoisotopic (exact) mass is 378 g/mol. The lowest BCUT2D eigenvalue weighted by Crippen LogP contribution is -2.14. The number of aromatic nitrogens is 1. The van der Waals surface area contributed by atoms with Crippen LogP contribution < -0.4 is 5.32 Å². The Bertz CT molecular complexity index is 674. The number of nitrogens with zero attached hydrogens (tertiary/aromatic N) is 1. The Kier molecular flexibility index (Phi) is 4.53. The van der Waals surface area contributed by atoms with E-state index >= 15 is 0 Å². The molecule has 0 bridgehead atoms. The van der Waals surface area contributed by atoms with E-state index in [-0.39, 0.29) is 5.56 Å². The van der Waals surface area contributed by atoms with E-state index in [1.165, 1.54) is 0 Å². The Labute approximate surface area is 131 Å². The van der Waals surface area contributed by atoms with Gasteiger partial charge in [0.2, 0.25) is 0 Å². The molecule has 0 saturated carbocycles. The van der Waals surface area contributed by atoms with Gasteiger partial charge in [0.05, 0.1) is 10.6 Å². The van der Waals surface area contributed by atoms with Crippen molar-refractivity contribution in [1.82, 2.24) is 4.98 Å². The third-order valence-corrected chi connectivity index (χ3v) is 3.71. The molecular formula is C13H7BrClF3N2O. The molecule has 1 N–H and O–H groups in total. The first-order valence-corrected chi connectivity index (χ1v) is 6.74. The van der Waals surface area contributed by atoms with Gasteiger partial charge >= 0.3 is 6.18 Å². The van der Waals surface area contributed by atoms with E-state index in [1.807, 2.05) is 0 Å². The van der Waals surface area contributed by atoms with Crippen LogP contribution >= 0.6 is 27.5 Å². The van der Waals surface area contributed by atoms with Crippen LogP contribution in [0.1, 0.15) is 16.1 Å². The number of rotatable bonds is 2. The van der Waals surface area contributed by atoms with Gasteiger partial charge in [0, 0.05) is 16.4 Å². The molecule has 1 amide bonds. The van der Waals surface area contributed by atoms with Crippen LogP contribution in [0.2, 0.25) is 5.02 Å². The number of hydrogen-bond acceptors (Lipinski definition) is 2. The number of anilines is 1. The Hall–Kier alpha value is -1.60. The van der Waals surface area contributed by atoms with Crippen molar-refractivity contribution < 1.29 is 18.0 Å². The summed E-state index contributed by atoms with van der Waals surface area (Å²) in [6.07, 6.45) is -3.65. The lowest BCUT2D eigenvalue weighted by atomic mass is 10.2. The lowest BCUT2D eigenvalue weighted by Gasteiger charge is -2.08. The minimum Gasteiger partial charge on any atom is -0.322 e. The average Bonchev–Trinajstić information content (AvgIpc) is 2.42. The average molecular weight is 380 g/mol. The normalized spacial score (nSPS) is 11.3. The zero-order chi connectivity index (χ0) is 15.6. The molecule has 3 nitrogen and oxygen atoms in total. The van der Waals surface area contributed by atoms with E-state index in [2.05, 4.69) is 26.2 Å². The molecule has 8 heteroatoms. The molecule has 0 aliphatic rings. The van der Waals surface area contributed by atoms with Crippen molar-refractivity contribution in [3.63, 3.8) is 0 Å². The van der Waals surface area contributed by atoms with E-state index in [9.17, 15) is 18.0 Å². The van der Waals surface area contributed by atoms with Gasteiger partial charge in [-0.3, -0.25) is 9.78 Å². The summed E-state index contributed by atoms with van der Waals surface area (Å²) in [6.45, 7) is 0. The first-order valence-electron chi connectivity index (χ1n) is 5.57. The molecule has 1 aromatic carbocycles. The quantitative estimate of drug-likeness (QED) is 0.817. The number of benzene rings is 1. The highest BCUT2D eigenvalue weighted by atomic mass is 79.9. The second-order valence-corrected chi connectivity index (χ2v) is 5.27. The molecule has 0 saturated heterocycles. The first-order chi connectivity index (χ1) is 9.77. The molecule has 1 aromatic heterocycles. The van der Waals surface area contributed by atoms with Crippen LogP contribution in [-0.4, -0.2) is 10.9 Å². The lowest BCUT2D eigenvalue weighted by molar-refractivity contribution is -0.141. The predicted molar refractivity (Wildman–Crippen MR) is 76.3 cm³/mol. The minimum atomic E-state index is -4.53. The van der Waals surface area contributed by atoms with Crippen LogP contribution in [0.25, 0.3) is 0 Å². The van der Waals surface area contributed by atoms with Gasteiger partial charge in [-0.05, 0) is 46.3 Å². The molecule has 0 spiro atoms. The predicted octanol–water partition coefficient (Wildman–Crippen LogP) is 4.77. The minimum absolute atomic E-state index is 0.0223. The van der Waals surface area contributed by atoms with Crippen molar-refractivity contribution >= 4 is 39.1 Å². The topological polar surface area (TPSA) is 42.0 Å². The molecule has 21 heavy (non-hydrogen) atoms. The van der Waals surface area contributed by atoms with Gasteiger partial charge in [-0.2, -0.15) is 13.2 Å². The molecule has 0 atom stereocenters. The SMILES string of the molecule is O=C(Nc1ccc(Cl)c(Br)c1)c1ccc(C(F)(F)F)nc1. The van der Waals surface area contributed by atoms with Gasteiger partial charge in [-0.25, -0.2) is 0 Å². The molecule has 110 valence electrons. The van der Waals surface area contributed by atoms with Gasteiger partial charge < -0.3 is 5.32 Å². The summed E-state index contributed by atoms with van der Waals surface area (Å²) in [5.41, 5.74) is -0.571. The fourth-order valence-corrected chi connectivity index (χ4v) is 1.97. The molecule has 0 unspecified atom stereocenters. The number of halogens is 5. The van der Waals surface area contributed by atoms with Crippen LogP contribution in [0.4, 0.5) is 18.9 Å². The van der Waals surface area contributed by atoms with Gasteiger partial charge in [0.25, 0.3) is 5.91 Å². The van der Waals surface area contributed by atoms with Gasteiger partial charge in [-0.15, -0.1) is 0 Å². The van der Waals surface area contributed by atoms with Gasteiger partial charge in [0.15, 0.2) is 0 Å². The highest BCUT2D eigenvalue weighted by Gasteiger charge is 2.32. The van der Waals surface area contributed by atoms with Crippen LogP contribution in [0.5, 0.6) is 0 Å². The highest BCUT2D eigenvalue weighted by Crippen LogP contribution is 2.28. The number of carbonyl (C=O) groups excluding carboxylic acids is 1. The second kappa shape index (κ2) is 6.03. The van der Waals surface area contributed by atoms with Gasteiger partial charge in [0.1, 0.15) is 5.69 Å². The summed E-state index contributed by atoms with van der Waals surface area (Å²) in [7, 11) is 0. The van der Waals surface area contributed by atoms with Crippen LogP contribution in [-0.2, 0) is 6.18 Å². The third kappa shape index (κ3) is 3.95. The summed E-state index contributed by atoms with van der Waals surface area (Å²) in [5.74, 6) is -0.564. The van der Waals surface area contributed by atoms with E-state index in [1.54, 1.807) is 18.2 Å². The Morgan fingerprint density at radius 1 is 1.24 bits per heavy atom. The zero-order valence-corrected chi connectivity index (χ0v) is 12.6. The zero-order valence-electron chi connectivity index (χ0n) is 10.2. The standard InChI is InChI=1S/C13H7BrClF3N2O/c14-9-5-8(2-3-10(9)15)20-12(21)7-1-4-11(19-6-7)13(16,17)18/h1-6H,(H,20,21). The third-order valence-electron chi connectivity index (χ3n) is 2.49. The molecule has 0 aliphatic heterocycles. The Morgan fingerprint density at radius 2 is 1.95 bits per heavy atom. The van der Waals surface area contributed by atoms with E-state index < -0.39 is 17.8 Å². The summed E-state index contributed by atoms with van der Waals surface area (Å²) >= 11 is 9.02. The smallest absolute Gasteiger partial charge is 0.322 e. The number of hydrogen-bond donors (Lipinski definition) is 1. The summed E-state index contributed by atoms with van der Waals surface area (Å²) < 4.78 is 37.7. The van der Waals surface area contributed by atoms with Crippen molar-refractivity contribution in [2.24, 2.45) is 0 Å². The van der Waals surface area contributed by atoms with Crippen molar-refractivity contribution in [2.45, 2.75) is 6.18 Å². The fourth-order valence-electron chi connectivity index (χ4n) is 1.47. The maximum atomic E-state index is 12.4. The van der Waals surface area contributed by atoms with E-state index in [0.29, 0.717) is 15.2 Å². The largest absolute Gasteiger partial charge is 0.433 e. The van der Waals surface area contributed by atoms with Gasteiger partial charge in [-0.1, -0.05) is 11.6 Å². The number of amides is 1. The van der Waals surface area contributed by atoms with Crippen LogP contribution in [0.3, 0.4) is 0 Å². The van der Waals surface area contributed by atoms with E-state index in [4.69, 9.17) is 11.6 Å². The van der Waals surface area contributed by atoms with Crippen molar-refractivity contribution in [3.05, 3.63) is 57.3 Å². The number of nitrogens with one attached hydrogen (secondary N) is 1. The second-order valence-electron chi connectivity index (χ2n) is 4.01. The van der Waals surface area contributed by atoms with E-state index in [0.717, 1.165) is 18.3 Å². The fraction of sp³-hybridized carbons (Fsp3) is 0.0769. The molecule has 1 heterocycles. The highest BCUT2D eigenvalue weighted by molar-refractivity contribution is 9.10. The maximum absolute atomic E-state index is 12.4. The summed E-state index contributed by atoms with van der Waals surface area (Å²) in [5, 5.41) is 3.01. The Morgan fingerprint density at radius 3 is 2.48 bits per heavy atom. The maximum Gasteiger partial charge on any atom is 0.433 e. The number of pyridine rings is 1. The number of carbonyl (C=O) groups is 1. The van der Waals surface area contributed by atoms with Crippen LogP contribution in [0.15, 0.2) is 41.0 Å². The van der Waals surface area contributed by atoms with Crippen molar-refractivity contribution in [3.8, 4) is 0 Å². The molecular weight excluding hydrogens is 373 g/mol. The van der Waals surface area contributed by atoms with Crippen molar-refractivity contribution in [1.29, 1.82) is 0 Å². The Balaban J connectivity index is 2.15. The van der Waals surface area contributed by atoms with Crippen LogP contribution in [0, 0.1) is 0 Å². The summed E-state index contributed by atoms with van der Waals surface area (Å²) in [4.78, 5) is 15.1. The first kappa shape index (κ1) is 15.8. The molecule has 0 radical (unpaired) electrons. The molecule has 0 fully saturated rings. The molecule has 2 rings (SSSR count). The van der Waals surface area contributed by atoms with Crippen molar-refractivity contribution in [2.75, 3.05) is 5.32 Å². The number of alkyl halides is 3. The molecule has 0 aliphatic carbocycles. The molecule has 2 aromatic rings.